The van der Waals surface area contributed by atoms with E-state index in [0.29, 0.717) is 11.4 Å². The summed E-state index contributed by atoms with van der Waals surface area (Å²) in [6.45, 7) is 4.00. The first-order valence-electron chi connectivity index (χ1n) is 7.47. The molecule has 1 aromatic carbocycles. The molecule has 4 nitrogen and oxygen atoms in total. The van der Waals surface area contributed by atoms with Crippen molar-refractivity contribution >= 4 is 0 Å². The quantitative estimate of drug-likeness (QED) is 0.888. The molecule has 3 rings (SSSR count). The molecule has 0 saturated heterocycles. The van der Waals surface area contributed by atoms with Gasteiger partial charge < -0.3 is 10.1 Å². The summed E-state index contributed by atoms with van der Waals surface area (Å²) < 4.78 is 0. The second-order valence-electron chi connectivity index (χ2n) is 5.95. The first-order valence-corrected chi connectivity index (χ1v) is 7.47. The number of nitrogens with zero attached hydrogens (tertiary/aromatic N) is 1. The SMILES string of the molecule is Cc1ccc(-c2nc(O)c(C3CCCC3)c(=O)[nH]2)c(C)c1. The summed E-state index contributed by atoms with van der Waals surface area (Å²) in [4.78, 5) is 19.4. The molecule has 1 aromatic heterocycles. The van der Waals surface area contributed by atoms with Crippen LogP contribution >= 0.6 is 0 Å². The van der Waals surface area contributed by atoms with Crippen molar-refractivity contribution in [3.8, 4) is 17.3 Å². The minimum atomic E-state index is -0.204. The number of benzene rings is 1. The topological polar surface area (TPSA) is 66.0 Å². The van der Waals surface area contributed by atoms with E-state index in [2.05, 4.69) is 9.97 Å². The molecule has 0 atom stereocenters. The van der Waals surface area contributed by atoms with E-state index < -0.39 is 0 Å². The Labute approximate surface area is 123 Å². The van der Waals surface area contributed by atoms with Crippen LogP contribution in [-0.2, 0) is 0 Å². The zero-order chi connectivity index (χ0) is 15.0. The Hall–Kier alpha value is -2.10. The largest absolute Gasteiger partial charge is 0.493 e. The smallest absolute Gasteiger partial charge is 0.258 e. The van der Waals surface area contributed by atoms with Crippen molar-refractivity contribution < 1.29 is 5.11 Å². The molecule has 21 heavy (non-hydrogen) atoms. The fourth-order valence-corrected chi connectivity index (χ4v) is 3.26. The summed E-state index contributed by atoms with van der Waals surface area (Å²) in [5.74, 6) is 0.479. The van der Waals surface area contributed by atoms with Gasteiger partial charge in [-0.05, 0) is 38.2 Å². The van der Waals surface area contributed by atoms with Gasteiger partial charge in [0.1, 0.15) is 5.82 Å². The lowest BCUT2D eigenvalue weighted by atomic mass is 9.99. The molecule has 2 N–H and O–H groups in total. The number of aryl methyl sites for hydroxylation is 2. The van der Waals surface area contributed by atoms with Crippen molar-refractivity contribution in [2.45, 2.75) is 45.4 Å². The van der Waals surface area contributed by atoms with Crippen molar-refractivity contribution in [3.63, 3.8) is 0 Å². The van der Waals surface area contributed by atoms with Crippen molar-refractivity contribution in [2.24, 2.45) is 0 Å². The second kappa shape index (κ2) is 5.35. The van der Waals surface area contributed by atoms with E-state index in [9.17, 15) is 9.90 Å². The number of H-pyrrole nitrogens is 1. The summed E-state index contributed by atoms with van der Waals surface area (Å²) in [5, 5.41) is 10.2. The van der Waals surface area contributed by atoms with E-state index >= 15 is 0 Å². The second-order valence-corrected chi connectivity index (χ2v) is 5.95. The van der Waals surface area contributed by atoms with Gasteiger partial charge in [0.15, 0.2) is 0 Å². The summed E-state index contributed by atoms with van der Waals surface area (Å²) in [5.41, 5.74) is 3.30. The van der Waals surface area contributed by atoms with E-state index in [1.165, 1.54) is 0 Å². The van der Waals surface area contributed by atoms with E-state index in [-0.39, 0.29) is 17.4 Å². The summed E-state index contributed by atoms with van der Waals surface area (Å²) in [6.07, 6.45) is 4.15. The highest BCUT2D eigenvalue weighted by atomic mass is 16.3. The minimum absolute atomic E-state index is 0.111. The molecule has 110 valence electrons. The molecule has 2 aromatic rings. The first kappa shape index (κ1) is 13.9. The molecule has 1 aliphatic rings. The summed E-state index contributed by atoms with van der Waals surface area (Å²) in [7, 11) is 0. The Morgan fingerprint density at radius 1 is 1.24 bits per heavy atom. The third kappa shape index (κ3) is 2.58. The Balaban J connectivity index is 2.07. The Kier molecular flexibility index (Phi) is 3.53. The monoisotopic (exact) mass is 284 g/mol. The minimum Gasteiger partial charge on any atom is -0.493 e. The molecule has 1 heterocycles. The van der Waals surface area contributed by atoms with Crippen molar-refractivity contribution in [2.75, 3.05) is 0 Å². The van der Waals surface area contributed by atoms with Crippen LogP contribution in [0.25, 0.3) is 11.4 Å². The Bertz CT molecular complexity index is 728. The zero-order valence-corrected chi connectivity index (χ0v) is 12.4. The lowest BCUT2D eigenvalue weighted by molar-refractivity contribution is 0.436. The van der Waals surface area contributed by atoms with Gasteiger partial charge in [-0.15, -0.1) is 0 Å². The Morgan fingerprint density at radius 3 is 2.57 bits per heavy atom. The average Bonchev–Trinajstić information content (AvgIpc) is 2.91. The van der Waals surface area contributed by atoms with E-state index in [0.717, 1.165) is 42.4 Å². The van der Waals surface area contributed by atoms with Crippen LogP contribution in [0.1, 0.15) is 48.3 Å². The number of aromatic nitrogens is 2. The zero-order valence-electron chi connectivity index (χ0n) is 12.4. The van der Waals surface area contributed by atoms with Crippen LogP contribution in [0.2, 0.25) is 0 Å². The number of aromatic amines is 1. The van der Waals surface area contributed by atoms with Crippen molar-refractivity contribution in [1.29, 1.82) is 0 Å². The maximum Gasteiger partial charge on any atom is 0.258 e. The molecule has 1 fully saturated rings. The van der Waals surface area contributed by atoms with Crippen molar-refractivity contribution in [1.82, 2.24) is 9.97 Å². The molecule has 0 bridgehead atoms. The first-order chi connectivity index (χ1) is 10.1. The number of hydrogen-bond acceptors (Lipinski definition) is 3. The fourth-order valence-electron chi connectivity index (χ4n) is 3.26. The van der Waals surface area contributed by atoms with Crippen LogP contribution in [0.15, 0.2) is 23.0 Å². The molecule has 0 radical (unpaired) electrons. The predicted molar refractivity (Wildman–Crippen MR) is 82.6 cm³/mol. The van der Waals surface area contributed by atoms with Crippen LogP contribution in [0.3, 0.4) is 0 Å². The van der Waals surface area contributed by atoms with Gasteiger partial charge in [-0.25, -0.2) is 0 Å². The van der Waals surface area contributed by atoms with Crippen molar-refractivity contribution in [3.05, 3.63) is 45.2 Å². The van der Waals surface area contributed by atoms with Gasteiger partial charge in [-0.3, -0.25) is 4.79 Å². The van der Waals surface area contributed by atoms with Crippen LogP contribution in [-0.4, -0.2) is 15.1 Å². The van der Waals surface area contributed by atoms with E-state index in [1.54, 1.807) is 0 Å². The van der Waals surface area contributed by atoms with Gasteiger partial charge in [0.05, 0.1) is 5.56 Å². The molecule has 1 aliphatic carbocycles. The molecular formula is C17H20N2O2. The number of hydrogen-bond donors (Lipinski definition) is 2. The van der Waals surface area contributed by atoms with Crippen LogP contribution in [0, 0.1) is 13.8 Å². The number of nitrogens with one attached hydrogen (secondary N) is 1. The third-order valence-corrected chi connectivity index (χ3v) is 4.34. The maximum atomic E-state index is 12.3. The fraction of sp³-hybridized carbons (Fsp3) is 0.412. The molecule has 0 spiro atoms. The molecule has 0 amide bonds. The molecular weight excluding hydrogens is 264 g/mol. The highest BCUT2D eigenvalue weighted by molar-refractivity contribution is 5.61. The van der Waals surface area contributed by atoms with Gasteiger partial charge in [-0.1, -0.05) is 36.6 Å². The van der Waals surface area contributed by atoms with Gasteiger partial charge in [-0.2, -0.15) is 4.98 Å². The number of rotatable bonds is 2. The molecule has 1 saturated carbocycles. The van der Waals surface area contributed by atoms with Gasteiger partial charge in [0.2, 0.25) is 5.88 Å². The third-order valence-electron chi connectivity index (χ3n) is 4.34. The molecule has 0 unspecified atom stereocenters. The molecule has 0 aliphatic heterocycles. The van der Waals surface area contributed by atoms with Crippen LogP contribution in [0.5, 0.6) is 5.88 Å². The molecule has 4 heteroatoms. The number of aromatic hydroxyl groups is 1. The van der Waals surface area contributed by atoms with Gasteiger partial charge >= 0.3 is 0 Å². The standard InChI is InChI=1S/C17H20N2O2/c1-10-7-8-13(11(2)9-10)15-18-16(20)14(17(21)19-15)12-5-3-4-6-12/h7-9,12H,3-6H2,1-2H3,(H2,18,19,20,21). The van der Waals surface area contributed by atoms with Crippen LogP contribution < -0.4 is 5.56 Å². The lowest BCUT2D eigenvalue weighted by Gasteiger charge is -2.12. The van der Waals surface area contributed by atoms with E-state index in [1.807, 2.05) is 32.0 Å². The average molecular weight is 284 g/mol. The van der Waals surface area contributed by atoms with E-state index in [4.69, 9.17) is 0 Å². The summed E-state index contributed by atoms with van der Waals surface area (Å²) >= 11 is 0. The maximum absolute atomic E-state index is 12.3. The normalized spacial score (nSPS) is 15.5. The Morgan fingerprint density at radius 2 is 1.95 bits per heavy atom. The highest BCUT2D eigenvalue weighted by Crippen LogP contribution is 2.36. The predicted octanol–water partition coefficient (Wildman–Crippen LogP) is 3.42. The highest BCUT2D eigenvalue weighted by Gasteiger charge is 2.24. The lowest BCUT2D eigenvalue weighted by Crippen LogP contribution is -2.17. The van der Waals surface area contributed by atoms with Crippen LogP contribution in [0.4, 0.5) is 0 Å². The van der Waals surface area contributed by atoms with Gasteiger partial charge in [0.25, 0.3) is 5.56 Å². The summed E-state index contributed by atoms with van der Waals surface area (Å²) in [6, 6.07) is 5.94. The van der Waals surface area contributed by atoms with Gasteiger partial charge in [0, 0.05) is 5.56 Å².